The van der Waals surface area contributed by atoms with Crippen LogP contribution in [0.1, 0.15) is 34.1 Å². The van der Waals surface area contributed by atoms with Gasteiger partial charge in [0.1, 0.15) is 0 Å². The molecule has 0 spiro atoms. The van der Waals surface area contributed by atoms with Crippen LogP contribution < -0.4 is 10.6 Å². The molecule has 2 unspecified atom stereocenters. The lowest BCUT2D eigenvalue weighted by Gasteiger charge is -2.20. The van der Waals surface area contributed by atoms with E-state index in [1.807, 2.05) is 32.5 Å². The largest absolute Gasteiger partial charge is 0.353 e. The fourth-order valence-corrected chi connectivity index (χ4v) is 1.88. The van der Waals surface area contributed by atoms with Crippen molar-refractivity contribution in [3.05, 3.63) is 0 Å². The maximum absolute atomic E-state index is 11.6. The standard InChI is InChI=1S/C11H24N2OS/c1-8(2)12-11(14)10(4)13-9(3)6-7-15-5/h8-10,13H,6-7H2,1-5H3,(H,12,14). The second-order valence-electron chi connectivity index (χ2n) is 4.23. The SMILES string of the molecule is CSCCC(C)NC(C)C(=O)NC(C)C. The van der Waals surface area contributed by atoms with Crippen LogP contribution in [0.15, 0.2) is 0 Å². The topological polar surface area (TPSA) is 41.1 Å². The summed E-state index contributed by atoms with van der Waals surface area (Å²) in [6.07, 6.45) is 3.20. The van der Waals surface area contributed by atoms with Gasteiger partial charge >= 0.3 is 0 Å². The maximum Gasteiger partial charge on any atom is 0.237 e. The first-order valence-electron chi connectivity index (χ1n) is 5.52. The first-order valence-corrected chi connectivity index (χ1v) is 6.92. The van der Waals surface area contributed by atoms with Gasteiger partial charge in [0, 0.05) is 12.1 Å². The molecule has 2 N–H and O–H groups in total. The van der Waals surface area contributed by atoms with Gasteiger partial charge in [0.05, 0.1) is 6.04 Å². The average molecular weight is 232 g/mol. The van der Waals surface area contributed by atoms with E-state index < -0.39 is 0 Å². The van der Waals surface area contributed by atoms with Crippen molar-refractivity contribution in [3.8, 4) is 0 Å². The highest BCUT2D eigenvalue weighted by atomic mass is 32.2. The van der Waals surface area contributed by atoms with Gasteiger partial charge in [-0.1, -0.05) is 0 Å². The number of nitrogens with one attached hydrogen (secondary N) is 2. The van der Waals surface area contributed by atoms with Crippen LogP contribution in [0.25, 0.3) is 0 Å². The Kier molecular flexibility index (Phi) is 7.88. The molecule has 0 aromatic heterocycles. The minimum Gasteiger partial charge on any atom is -0.353 e. The number of hydrogen-bond donors (Lipinski definition) is 2. The number of rotatable bonds is 7. The highest BCUT2D eigenvalue weighted by Crippen LogP contribution is 2.00. The van der Waals surface area contributed by atoms with E-state index in [2.05, 4.69) is 23.8 Å². The van der Waals surface area contributed by atoms with Gasteiger partial charge in [-0.25, -0.2) is 0 Å². The van der Waals surface area contributed by atoms with E-state index in [0.29, 0.717) is 6.04 Å². The minimum absolute atomic E-state index is 0.0843. The average Bonchev–Trinajstić information content (AvgIpc) is 2.13. The summed E-state index contributed by atoms with van der Waals surface area (Å²) in [6.45, 7) is 7.98. The molecule has 2 atom stereocenters. The lowest BCUT2D eigenvalue weighted by atomic mass is 10.2. The van der Waals surface area contributed by atoms with Gasteiger partial charge in [-0.2, -0.15) is 11.8 Å². The molecule has 0 aromatic carbocycles. The van der Waals surface area contributed by atoms with Crippen molar-refractivity contribution >= 4 is 17.7 Å². The molecule has 0 saturated heterocycles. The molecular formula is C11H24N2OS. The summed E-state index contributed by atoms with van der Waals surface area (Å²) >= 11 is 1.84. The van der Waals surface area contributed by atoms with Crippen molar-refractivity contribution < 1.29 is 4.79 Å². The molecule has 90 valence electrons. The predicted octanol–water partition coefficient (Wildman–Crippen LogP) is 1.63. The Hall–Kier alpha value is -0.220. The van der Waals surface area contributed by atoms with Crippen LogP contribution in [-0.2, 0) is 4.79 Å². The number of thioether (sulfide) groups is 1. The summed E-state index contributed by atoms with van der Waals surface area (Å²) in [5.74, 6) is 1.22. The normalized spacial score (nSPS) is 15.1. The van der Waals surface area contributed by atoms with E-state index in [1.165, 1.54) is 0 Å². The molecule has 0 aromatic rings. The monoisotopic (exact) mass is 232 g/mol. The Morgan fingerprint density at radius 3 is 2.33 bits per heavy atom. The molecule has 0 aliphatic rings. The summed E-state index contributed by atoms with van der Waals surface area (Å²) in [7, 11) is 0. The molecule has 3 nitrogen and oxygen atoms in total. The number of carbonyl (C=O) groups excluding carboxylic acids is 1. The van der Waals surface area contributed by atoms with E-state index in [9.17, 15) is 4.79 Å². The third-order valence-electron chi connectivity index (χ3n) is 2.11. The molecule has 0 fully saturated rings. The summed E-state index contributed by atoms with van der Waals surface area (Å²) in [6, 6.07) is 0.498. The molecule has 0 aliphatic heterocycles. The van der Waals surface area contributed by atoms with Crippen LogP contribution in [0.3, 0.4) is 0 Å². The predicted molar refractivity (Wildman–Crippen MR) is 68.3 cm³/mol. The van der Waals surface area contributed by atoms with Crippen LogP contribution in [0.4, 0.5) is 0 Å². The number of hydrogen-bond acceptors (Lipinski definition) is 3. The zero-order valence-corrected chi connectivity index (χ0v) is 11.3. The van der Waals surface area contributed by atoms with E-state index in [0.717, 1.165) is 12.2 Å². The summed E-state index contributed by atoms with van der Waals surface area (Å²) in [4.78, 5) is 11.6. The van der Waals surface area contributed by atoms with E-state index in [4.69, 9.17) is 0 Å². The fraction of sp³-hybridized carbons (Fsp3) is 0.909. The van der Waals surface area contributed by atoms with Gasteiger partial charge in [0.25, 0.3) is 0 Å². The second-order valence-corrected chi connectivity index (χ2v) is 5.22. The molecule has 0 saturated carbocycles. The van der Waals surface area contributed by atoms with Crippen LogP contribution in [-0.4, -0.2) is 36.0 Å². The minimum atomic E-state index is -0.107. The first-order chi connectivity index (χ1) is 6.97. The van der Waals surface area contributed by atoms with Crippen molar-refractivity contribution in [2.24, 2.45) is 0 Å². The van der Waals surface area contributed by atoms with Crippen LogP contribution in [0.5, 0.6) is 0 Å². The molecular weight excluding hydrogens is 208 g/mol. The zero-order chi connectivity index (χ0) is 11.8. The van der Waals surface area contributed by atoms with Crippen molar-refractivity contribution in [2.75, 3.05) is 12.0 Å². The van der Waals surface area contributed by atoms with Crippen LogP contribution >= 0.6 is 11.8 Å². The van der Waals surface area contributed by atoms with Gasteiger partial charge in [-0.15, -0.1) is 0 Å². The highest BCUT2D eigenvalue weighted by molar-refractivity contribution is 7.98. The quantitative estimate of drug-likeness (QED) is 0.701. The number of amides is 1. The van der Waals surface area contributed by atoms with Gasteiger partial charge in [-0.3, -0.25) is 4.79 Å². The van der Waals surface area contributed by atoms with Gasteiger partial charge in [0.15, 0.2) is 0 Å². The van der Waals surface area contributed by atoms with Crippen molar-refractivity contribution in [2.45, 2.75) is 52.2 Å². The molecule has 0 heterocycles. The van der Waals surface area contributed by atoms with Gasteiger partial charge in [0.2, 0.25) is 5.91 Å². The molecule has 0 rings (SSSR count). The Labute approximate surface area is 97.8 Å². The Morgan fingerprint density at radius 1 is 1.27 bits per heavy atom. The molecule has 4 heteroatoms. The molecule has 0 aliphatic carbocycles. The van der Waals surface area contributed by atoms with E-state index in [-0.39, 0.29) is 18.0 Å². The number of carbonyl (C=O) groups is 1. The Balaban J connectivity index is 3.80. The lowest BCUT2D eigenvalue weighted by Crippen LogP contribution is -2.47. The van der Waals surface area contributed by atoms with Gasteiger partial charge in [-0.05, 0) is 46.1 Å². The molecule has 1 amide bonds. The maximum atomic E-state index is 11.6. The Morgan fingerprint density at radius 2 is 1.87 bits per heavy atom. The summed E-state index contributed by atoms with van der Waals surface area (Å²) < 4.78 is 0. The highest BCUT2D eigenvalue weighted by Gasteiger charge is 2.15. The third-order valence-corrected chi connectivity index (χ3v) is 2.76. The van der Waals surface area contributed by atoms with Crippen molar-refractivity contribution in [1.29, 1.82) is 0 Å². The van der Waals surface area contributed by atoms with E-state index >= 15 is 0 Å². The van der Waals surface area contributed by atoms with Crippen molar-refractivity contribution in [3.63, 3.8) is 0 Å². The van der Waals surface area contributed by atoms with Crippen LogP contribution in [0, 0.1) is 0 Å². The summed E-state index contributed by atoms with van der Waals surface area (Å²) in [5.41, 5.74) is 0. The lowest BCUT2D eigenvalue weighted by molar-refractivity contribution is -0.123. The fourth-order valence-electron chi connectivity index (χ4n) is 1.29. The first kappa shape index (κ1) is 14.8. The van der Waals surface area contributed by atoms with Crippen molar-refractivity contribution in [1.82, 2.24) is 10.6 Å². The third kappa shape index (κ3) is 7.68. The van der Waals surface area contributed by atoms with Gasteiger partial charge < -0.3 is 10.6 Å². The molecule has 15 heavy (non-hydrogen) atoms. The molecule has 0 radical (unpaired) electrons. The smallest absolute Gasteiger partial charge is 0.237 e. The second kappa shape index (κ2) is 7.99. The molecule has 0 bridgehead atoms. The Bertz CT molecular complexity index is 185. The van der Waals surface area contributed by atoms with Crippen LogP contribution in [0.2, 0.25) is 0 Å². The summed E-state index contributed by atoms with van der Waals surface area (Å²) in [5, 5.41) is 6.19. The van der Waals surface area contributed by atoms with E-state index in [1.54, 1.807) is 0 Å². The zero-order valence-electron chi connectivity index (χ0n) is 10.5.